The zero-order valence-corrected chi connectivity index (χ0v) is 19.1. The first kappa shape index (κ1) is 25.0. The Morgan fingerprint density at radius 3 is 2.48 bits per heavy atom. The predicted molar refractivity (Wildman–Crippen MR) is 120 cm³/mol. The van der Waals surface area contributed by atoms with Crippen molar-refractivity contribution in [3.63, 3.8) is 0 Å². The van der Waals surface area contributed by atoms with E-state index in [1.807, 2.05) is 30.3 Å². The first-order chi connectivity index (χ1) is 11.1. The molecule has 1 aromatic heterocycles. The van der Waals surface area contributed by atoms with E-state index in [0.717, 1.165) is 64.8 Å². The lowest BCUT2D eigenvalue weighted by atomic mass is 10.2. The number of benzene rings is 1. The Labute approximate surface area is 181 Å². The number of nitrogens with zero attached hydrogens (tertiary/aromatic N) is 1. The highest BCUT2D eigenvalue weighted by molar-refractivity contribution is 14.1. The Hall–Kier alpha value is 0.0200. The maximum atomic E-state index is 6.29. The van der Waals surface area contributed by atoms with Gasteiger partial charge in [-0.3, -0.25) is 0 Å². The average Bonchev–Trinajstić information content (AvgIpc) is 2.99. The van der Waals surface area contributed by atoms with Gasteiger partial charge >= 0.3 is 0 Å². The lowest BCUT2D eigenvalue weighted by molar-refractivity contribution is 0.297. The zero-order valence-electron chi connectivity index (χ0n) is 14.6. The molecule has 0 aliphatic heterocycles. The van der Waals surface area contributed by atoms with Gasteiger partial charge in [0.05, 0.1) is 11.6 Å². The Bertz CT molecular complexity index is 618. The van der Waals surface area contributed by atoms with Crippen molar-refractivity contribution in [2.24, 2.45) is 0 Å². The van der Waals surface area contributed by atoms with E-state index in [4.69, 9.17) is 16.0 Å². The van der Waals surface area contributed by atoms with Crippen LogP contribution in [0.15, 0.2) is 34.7 Å². The zero-order chi connectivity index (χ0) is 16.7. The number of halogens is 4. The summed E-state index contributed by atoms with van der Waals surface area (Å²) in [6.45, 7) is 9.54. The second-order valence-corrected chi connectivity index (χ2v) is 7.10. The Balaban J connectivity index is 0.00000288. The molecule has 0 aliphatic carbocycles. The molecule has 1 heterocycles. The summed E-state index contributed by atoms with van der Waals surface area (Å²) < 4.78 is 7.02. The largest absolute Gasteiger partial charge is 0.460 e. The molecule has 0 saturated carbocycles. The third kappa shape index (κ3) is 8.06. The minimum absolute atomic E-state index is 0. The average molecular weight is 520 g/mol. The van der Waals surface area contributed by atoms with Crippen molar-refractivity contribution in [2.45, 2.75) is 26.8 Å². The molecule has 0 amide bonds. The molecule has 25 heavy (non-hydrogen) atoms. The van der Waals surface area contributed by atoms with Crippen molar-refractivity contribution >= 4 is 59.0 Å². The maximum Gasteiger partial charge on any atom is 0.135 e. The number of hydrogen-bond acceptors (Lipinski definition) is 3. The summed E-state index contributed by atoms with van der Waals surface area (Å²) in [5.74, 6) is 1.77. The summed E-state index contributed by atoms with van der Waals surface area (Å²) in [5.41, 5.74) is 0.944. The van der Waals surface area contributed by atoms with Crippen molar-refractivity contribution in [1.29, 1.82) is 0 Å². The predicted octanol–water partition coefficient (Wildman–Crippen LogP) is 5.87. The molecule has 0 bridgehead atoms. The van der Waals surface area contributed by atoms with Gasteiger partial charge in [-0.05, 0) is 85.5 Å². The lowest BCUT2D eigenvalue weighted by Gasteiger charge is -2.17. The van der Waals surface area contributed by atoms with E-state index in [2.05, 4.69) is 46.7 Å². The summed E-state index contributed by atoms with van der Waals surface area (Å²) in [6.07, 6.45) is 1.15. The minimum Gasteiger partial charge on any atom is -0.460 e. The van der Waals surface area contributed by atoms with Crippen LogP contribution in [0.3, 0.4) is 0 Å². The molecule has 0 fully saturated rings. The SMILES string of the molecule is CCN(CC)CCCNCc1ccc(-c2ccc(I)cc2Cl)o1.Cl.Cl. The third-order valence-electron chi connectivity index (χ3n) is 3.88. The maximum absolute atomic E-state index is 6.29. The molecule has 0 saturated heterocycles. The van der Waals surface area contributed by atoms with Gasteiger partial charge in [-0.15, -0.1) is 24.8 Å². The van der Waals surface area contributed by atoms with Crippen molar-refractivity contribution in [1.82, 2.24) is 10.2 Å². The van der Waals surface area contributed by atoms with Crippen molar-refractivity contribution in [2.75, 3.05) is 26.2 Å². The fourth-order valence-corrected chi connectivity index (χ4v) is 3.44. The number of furan rings is 1. The van der Waals surface area contributed by atoms with Gasteiger partial charge in [-0.25, -0.2) is 0 Å². The molecule has 0 atom stereocenters. The van der Waals surface area contributed by atoms with Gasteiger partial charge in [0, 0.05) is 9.13 Å². The van der Waals surface area contributed by atoms with Gasteiger partial charge in [-0.2, -0.15) is 0 Å². The van der Waals surface area contributed by atoms with E-state index in [-0.39, 0.29) is 24.8 Å². The van der Waals surface area contributed by atoms with Crippen molar-refractivity contribution in [3.8, 4) is 11.3 Å². The minimum atomic E-state index is 0. The molecule has 1 N–H and O–H groups in total. The molecule has 7 heteroatoms. The fraction of sp³-hybridized carbons (Fsp3) is 0.444. The van der Waals surface area contributed by atoms with E-state index in [1.165, 1.54) is 0 Å². The molecule has 2 rings (SSSR count). The van der Waals surface area contributed by atoms with Crippen LogP contribution in [0.2, 0.25) is 5.02 Å². The summed E-state index contributed by atoms with van der Waals surface area (Å²) in [4.78, 5) is 2.44. The Morgan fingerprint density at radius 1 is 1.12 bits per heavy atom. The third-order valence-corrected chi connectivity index (χ3v) is 4.86. The van der Waals surface area contributed by atoms with Gasteiger partial charge in [0.15, 0.2) is 0 Å². The van der Waals surface area contributed by atoms with Crippen LogP contribution in [0.4, 0.5) is 0 Å². The molecule has 2 aromatic rings. The monoisotopic (exact) mass is 518 g/mol. The van der Waals surface area contributed by atoms with Crippen molar-refractivity contribution in [3.05, 3.63) is 44.7 Å². The van der Waals surface area contributed by atoms with E-state index in [0.29, 0.717) is 0 Å². The molecule has 142 valence electrons. The van der Waals surface area contributed by atoms with E-state index in [9.17, 15) is 0 Å². The molecule has 3 nitrogen and oxygen atoms in total. The van der Waals surface area contributed by atoms with Crippen molar-refractivity contribution < 1.29 is 4.42 Å². The van der Waals surface area contributed by atoms with Crippen LogP contribution in [0.25, 0.3) is 11.3 Å². The molecule has 1 aromatic carbocycles. The fourth-order valence-electron chi connectivity index (χ4n) is 2.49. The Morgan fingerprint density at radius 2 is 1.84 bits per heavy atom. The lowest BCUT2D eigenvalue weighted by Crippen LogP contribution is -2.27. The quantitative estimate of drug-likeness (QED) is 0.332. The standard InChI is InChI=1S/C18H24ClIN2O.2ClH/c1-3-22(4-2)11-5-10-21-13-15-7-9-18(23-15)16-8-6-14(20)12-17(16)19;;/h6-9,12,21H,3-5,10-11,13H2,1-2H3;2*1H. The van der Waals surface area contributed by atoms with Gasteiger partial charge in [0.2, 0.25) is 0 Å². The number of nitrogens with one attached hydrogen (secondary N) is 1. The van der Waals surface area contributed by atoms with Crippen LogP contribution in [0.5, 0.6) is 0 Å². The van der Waals surface area contributed by atoms with E-state index < -0.39 is 0 Å². The summed E-state index contributed by atoms with van der Waals surface area (Å²) >= 11 is 8.55. The highest BCUT2D eigenvalue weighted by atomic mass is 127. The van der Waals surface area contributed by atoms with Gasteiger partial charge < -0.3 is 14.6 Å². The molecular weight excluding hydrogens is 493 g/mol. The van der Waals surface area contributed by atoms with E-state index in [1.54, 1.807) is 0 Å². The van der Waals surface area contributed by atoms with Crippen LogP contribution in [0.1, 0.15) is 26.0 Å². The highest BCUT2D eigenvalue weighted by Gasteiger charge is 2.09. The topological polar surface area (TPSA) is 28.4 Å². The second-order valence-electron chi connectivity index (χ2n) is 5.45. The molecular formula is C18H26Cl3IN2O. The van der Waals surface area contributed by atoms with Gasteiger partial charge in [0.1, 0.15) is 11.5 Å². The number of rotatable bonds is 9. The smallest absolute Gasteiger partial charge is 0.135 e. The highest BCUT2D eigenvalue weighted by Crippen LogP contribution is 2.30. The summed E-state index contributed by atoms with van der Waals surface area (Å²) in [7, 11) is 0. The van der Waals surface area contributed by atoms with Crippen LogP contribution < -0.4 is 5.32 Å². The Kier molecular flexibility index (Phi) is 13.2. The molecule has 0 spiro atoms. The van der Waals surface area contributed by atoms with Crippen LogP contribution in [-0.4, -0.2) is 31.1 Å². The van der Waals surface area contributed by atoms with Crippen LogP contribution >= 0.6 is 59.0 Å². The summed E-state index contributed by atoms with van der Waals surface area (Å²) in [6, 6.07) is 9.99. The van der Waals surface area contributed by atoms with E-state index >= 15 is 0 Å². The van der Waals surface area contributed by atoms with Crippen LogP contribution in [-0.2, 0) is 6.54 Å². The molecule has 0 radical (unpaired) electrons. The second kappa shape index (κ2) is 13.2. The van der Waals surface area contributed by atoms with Gasteiger partial charge in [-0.1, -0.05) is 25.4 Å². The summed E-state index contributed by atoms with van der Waals surface area (Å²) in [5, 5.41) is 4.17. The first-order valence-corrected chi connectivity index (χ1v) is 9.57. The molecule has 0 aliphatic rings. The van der Waals surface area contributed by atoms with Gasteiger partial charge in [0.25, 0.3) is 0 Å². The number of hydrogen-bond donors (Lipinski definition) is 1. The first-order valence-electron chi connectivity index (χ1n) is 8.11. The van der Waals surface area contributed by atoms with Crippen LogP contribution in [0, 0.1) is 3.57 Å². The molecule has 0 unspecified atom stereocenters. The normalized spacial score (nSPS) is 10.4.